The molecule has 0 spiro atoms. The van der Waals surface area contributed by atoms with E-state index in [-0.39, 0.29) is 0 Å². The molecule has 0 unspecified atom stereocenters. The molecule has 0 saturated carbocycles. The van der Waals surface area contributed by atoms with Crippen molar-refractivity contribution in [2.45, 2.75) is 6.92 Å². The molecule has 0 saturated heterocycles. The van der Waals surface area contributed by atoms with Gasteiger partial charge in [0.25, 0.3) is 0 Å². The molecule has 2 aromatic carbocycles. The van der Waals surface area contributed by atoms with Gasteiger partial charge in [-0.25, -0.2) is 4.79 Å². The molecule has 26 heavy (non-hydrogen) atoms. The van der Waals surface area contributed by atoms with Crippen LogP contribution in [-0.2, 0) is 0 Å². The van der Waals surface area contributed by atoms with Gasteiger partial charge in [0.15, 0.2) is 0 Å². The van der Waals surface area contributed by atoms with Gasteiger partial charge in [0.1, 0.15) is 16.7 Å². The van der Waals surface area contributed by atoms with Crippen molar-refractivity contribution < 1.29 is 8.83 Å². The van der Waals surface area contributed by atoms with E-state index in [4.69, 9.17) is 32.0 Å². The van der Waals surface area contributed by atoms with Crippen molar-refractivity contribution in [2.75, 3.05) is 5.32 Å². The largest absolute Gasteiger partial charge is 0.439 e. The SMILES string of the molecule is Cc1cc2oc(Nc3ccccc3)c(-c3ccc(Cl)c(Cl)c3)c2c(=O)o1. The quantitative estimate of drug-likeness (QED) is 0.442. The van der Waals surface area contributed by atoms with Crippen molar-refractivity contribution in [1.29, 1.82) is 0 Å². The number of aryl methyl sites for hydroxylation is 1. The van der Waals surface area contributed by atoms with Crippen LogP contribution in [0.4, 0.5) is 11.6 Å². The Morgan fingerprint density at radius 3 is 2.42 bits per heavy atom. The summed E-state index contributed by atoms with van der Waals surface area (Å²) < 4.78 is 11.2. The van der Waals surface area contributed by atoms with Gasteiger partial charge < -0.3 is 14.2 Å². The van der Waals surface area contributed by atoms with Gasteiger partial charge in [-0.1, -0.05) is 47.5 Å². The molecule has 0 aliphatic rings. The summed E-state index contributed by atoms with van der Waals surface area (Å²) in [5.74, 6) is 0.908. The van der Waals surface area contributed by atoms with E-state index in [1.54, 1.807) is 31.2 Å². The number of rotatable bonds is 3. The number of halogens is 2. The standard InChI is InChI=1S/C20H13Cl2NO3/c1-11-9-16-18(20(24)25-11)17(12-7-8-14(21)15(22)10-12)19(26-16)23-13-5-3-2-4-6-13/h2-10,23H,1H3. The summed E-state index contributed by atoms with van der Waals surface area (Å²) in [5.41, 5.74) is 2.09. The highest BCUT2D eigenvalue weighted by Crippen LogP contribution is 2.40. The number of nitrogens with one attached hydrogen (secondary N) is 1. The summed E-state index contributed by atoms with van der Waals surface area (Å²) in [6, 6.07) is 16.4. The molecule has 130 valence electrons. The zero-order chi connectivity index (χ0) is 18.3. The number of para-hydroxylation sites is 1. The van der Waals surface area contributed by atoms with E-state index < -0.39 is 5.63 Å². The fraction of sp³-hybridized carbons (Fsp3) is 0.0500. The number of benzene rings is 2. The summed E-state index contributed by atoms with van der Waals surface area (Å²) in [5, 5.41) is 4.40. The van der Waals surface area contributed by atoms with Gasteiger partial charge in [-0.05, 0) is 36.8 Å². The summed E-state index contributed by atoms with van der Waals surface area (Å²) in [7, 11) is 0. The normalized spacial score (nSPS) is 11.0. The van der Waals surface area contributed by atoms with Gasteiger partial charge in [0.05, 0.1) is 15.6 Å². The molecule has 0 aliphatic carbocycles. The second kappa shape index (κ2) is 6.56. The van der Waals surface area contributed by atoms with E-state index in [9.17, 15) is 4.79 Å². The zero-order valence-corrected chi connectivity index (χ0v) is 15.2. The molecule has 0 amide bonds. The van der Waals surface area contributed by atoms with Crippen LogP contribution < -0.4 is 10.9 Å². The van der Waals surface area contributed by atoms with E-state index in [2.05, 4.69) is 5.32 Å². The highest BCUT2D eigenvalue weighted by molar-refractivity contribution is 6.42. The molecular formula is C20H13Cl2NO3. The second-order valence-electron chi connectivity index (χ2n) is 5.81. The lowest BCUT2D eigenvalue weighted by molar-refractivity contribution is 0.485. The molecule has 2 heterocycles. The molecule has 0 atom stereocenters. The number of hydrogen-bond acceptors (Lipinski definition) is 4. The van der Waals surface area contributed by atoms with Crippen LogP contribution in [0.3, 0.4) is 0 Å². The van der Waals surface area contributed by atoms with Crippen molar-refractivity contribution in [1.82, 2.24) is 0 Å². The van der Waals surface area contributed by atoms with Crippen molar-refractivity contribution in [3.63, 3.8) is 0 Å². The Morgan fingerprint density at radius 1 is 0.923 bits per heavy atom. The third kappa shape index (κ3) is 2.98. The number of furan rings is 1. The molecule has 1 N–H and O–H groups in total. The molecule has 4 rings (SSSR count). The van der Waals surface area contributed by atoms with Crippen LogP contribution in [0.5, 0.6) is 0 Å². The first kappa shape index (κ1) is 16.8. The minimum Gasteiger partial charge on any atom is -0.439 e. The molecule has 4 nitrogen and oxygen atoms in total. The van der Waals surface area contributed by atoms with Crippen LogP contribution in [0, 0.1) is 6.92 Å². The van der Waals surface area contributed by atoms with Crippen LogP contribution in [0.1, 0.15) is 5.76 Å². The lowest BCUT2D eigenvalue weighted by Gasteiger charge is -2.07. The van der Waals surface area contributed by atoms with E-state index in [0.29, 0.717) is 43.8 Å². The van der Waals surface area contributed by atoms with Crippen molar-refractivity contribution >= 4 is 45.7 Å². The minimum absolute atomic E-state index is 0.354. The number of hydrogen-bond donors (Lipinski definition) is 1. The van der Waals surface area contributed by atoms with Crippen molar-refractivity contribution in [3.8, 4) is 11.1 Å². The summed E-state index contributed by atoms with van der Waals surface area (Å²) in [6.45, 7) is 1.70. The van der Waals surface area contributed by atoms with E-state index >= 15 is 0 Å². The van der Waals surface area contributed by atoms with Gasteiger partial charge in [-0.2, -0.15) is 0 Å². The van der Waals surface area contributed by atoms with Crippen molar-refractivity contribution in [3.05, 3.63) is 80.8 Å². The van der Waals surface area contributed by atoms with Gasteiger partial charge in [0.2, 0.25) is 5.88 Å². The van der Waals surface area contributed by atoms with Crippen LogP contribution in [0.25, 0.3) is 22.1 Å². The molecule has 0 radical (unpaired) electrons. The fourth-order valence-electron chi connectivity index (χ4n) is 2.83. The molecule has 2 aromatic heterocycles. The van der Waals surface area contributed by atoms with Crippen LogP contribution >= 0.6 is 23.2 Å². The maximum Gasteiger partial charge on any atom is 0.347 e. The number of fused-ring (bicyclic) bond motifs is 1. The highest BCUT2D eigenvalue weighted by atomic mass is 35.5. The number of anilines is 2. The summed E-state index contributed by atoms with van der Waals surface area (Å²) in [6.07, 6.45) is 0. The lowest BCUT2D eigenvalue weighted by atomic mass is 10.0. The monoisotopic (exact) mass is 385 g/mol. The first-order valence-corrected chi connectivity index (χ1v) is 8.63. The van der Waals surface area contributed by atoms with E-state index in [0.717, 1.165) is 5.69 Å². The molecule has 0 bridgehead atoms. The molecule has 0 aliphatic heterocycles. The summed E-state index contributed by atoms with van der Waals surface area (Å²) >= 11 is 12.2. The average molecular weight is 386 g/mol. The van der Waals surface area contributed by atoms with Gasteiger partial charge in [-0.15, -0.1) is 0 Å². The molecule has 0 fully saturated rings. The topological polar surface area (TPSA) is 55.4 Å². The second-order valence-corrected chi connectivity index (χ2v) is 6.62. The van der Waals surface area contributed by atoms with Crippen LogP contribution in [0.2, 0.25) is 10.0 Å². The minimum atomic E-state index is -0.467. The Hall–Kier alpha value is -2.69. The Kier molecular flexibility index (Phi) is 4.23. The highest BCUT2D eigenvalue weighted by Gasteiger charge is 2.21. The lowest BCUT2D eigenvalue weighted by Crippen LogP contribution is -2.00. The Bertz CT molecular complexity index is 1160. The van der Waals surface area contributed by atoms with Gasteiger partial charge >= 0.3 is 5.63 Å². The van der Waals surface area contributed by atoms with Gasteiger partial charge in [0, 0.05) is 11.8 Å². The average Bonchev–Trinajstić information content (AvgIpc) is 2.96. The Morgan fingerprint density at radius 2 is 1.69 bits per heavy atom. The third-order valence-corrected chi connectivity index (χ3v) is 4.71. The Labute approximate surface area is 159 Å². The summed E-state index contributed by atoms with van der Waals surface area (Å²) in [4.78, 5) is 12.5. The zero-order valence-electron chi connectivity index (χ0n) is 13.7. The van der Waals surface area contributed by atoms with Crippen molar-refractivity contribution in [2.24, 2.45) is 0 Å². The van der Waals surface area contributed by atoms with E-state index in [1.165, 1.54) is 0 Å². The smallest absolute Gasteiger partial charge is 0.347 e. The Balaban J connectivity index is 1.99. The fourth-order valence-corrected chi connectivity index (χ4v) is 3.13. The van der Waals surface area contributed by atoms with Gasteiger partial charge in [-0.3, -0.25) is 0 Å². The van der Waals surface area contributed by atoms with E-state index in [1.807, 2.05) is 30.3 Å². The molecule has 4 aromatic rings. The van der Waals surface area contributed by atoms with Crippen LogP contribution in [-0.4, -0.2) is 0 Å². The van der Waals surface area contributed by atoms with Crippen LogP contribution in [0.15, 0.2) is 68.2 Å². The molecular weight excluding hydrogens is 373 g/mol. The predicted molar refractivity (Wildman–Crippen MR) is 105 cm³/mol. The third-order valence-electron chi connectivity index (χ3n) is 3.97. The first-order chi connectivity index (χ1) is 12.5. The maximum atomic E-state index is 12.5. The first-order valence-electron chi connectivity index (χ1n) is 7.87. The maximum absolute atomic E-state index is 12.5. The molecule has 6 heteroatoms. The predicted octanol–water partition coefficient (Wildman–Crippen LogP) is 6.41.